The average Bonchev–Trinajstić information content (AvgIpc) is 2.39. The molecule has 1 unspecified atom stereocenters. The van der Waals surface area contributed by atoms with Crippen LogP contribution in [0.2, 0.25) is 0 Å². The van der Waals surface area contributed by atoms with Crippen LogP contribution in [0.1, 0.15) is 58.1 Å². The molecule has 0 amide bonds. The summed E-state index contributed by atoms with van der Waals surface area (Å²) in [7, 11) is 0. The summed E-state index contributed by atoms with van der Waals surface area (Å²) in [6.07, 6.45) is 4.43. The number of unbranched alkanes of at least 4 members (excludes halogenated alkanes) is 2. The molecule has 0 aliphatic rings. The van der Waals surface area contributed by atoms with Gasteiger partial charge in [0, 0.05) is 24.3 Å². The Balaban J connectivity index is 2.88. The van der Waals surface area contributed by atoms with Crippen molar-refractivity contribution in [1.82, 2.24) is 0 Å². The van der Waals surface area contributed by atoms with Gasteiger partial charge in [-0.1, -0.05) is 44.9 Å². The number of anilines is 1. The lowest BCUT2D eigenvalue weighted by atomic mass is 10.1. The SMILES string of the molecule is CCCCN(CCCC)c1ccccc1C(C)O. The van der Waals surface area contributed by atoms with Crippen LogP contribution < -0.4 is 4.90 Å². The van der Waals surface area contributed by atoms with Gasteiger partial charge in [0.25, 0.3) is 0 Å². The molecule has 0 aromatic heterocycles. The summed E-state index contributed by atoms with van der Waals surface area (Å²) in [5.74, 6) is 0. The quantitative estimate of drug-likeness (QED) is 0.748. The highest BCUT2D eigenvalue weighted by molar-refractivity contribution is 5.54. The smallest absolute Gasteiger partial charge is 0.0781 e. The summed E-state index contributed by atoms with van der Waals surface area (Å²) in [5.41, 5.74) is 2.25. The maximum atomic E-state index is 9.88. The third kappa shape index (κ3) is 4.34. The molecule has 0 bridgehead atoms. The first-order valence-corrected chi connectivity index (χ1v) is 7.22. The van der Waals surface area contributed by atoms with E-state index in [9.17, 15) is 5.11 Å². The highest BCUT2D eigenvalue weighted by Crippen LogP contribution is 2.26. The molecule has 0 radical (unpaired) electrons. The van der Waals surface area contributed by atoms with E-state index in [1.807, 2.05) is 19.1 Å². The summed E-state index contributed by atoms with van der Waals surface area (Å²) >= 11 is 0. The van der Waals surface area contributed by atoms with Crippen molar-refractivity contribution < 1.29 is 5.11 Å². The van der Waals surface area contributed by atoms with Crippen molar-refractivity contribution >= 4 is 5.69 Å². The molecule has 102 valence electrons. The van der Waals surface area contributed by atoms with Crippen molar-refractivity contribution in [3.05, 3.63) is 29.8 Å². The Morgan fingerprint density at radius 1 is 1.06 bits per heavy atom. The Kier molecular flexibility index (Phi) is 6.81. The van der Waals surface area contributed by atoms with Crippen molar-refractivity contribution in [3.8, 4) is 0 Å². The number of aliphatic hydroxyl groups is 1. The molecule has 1 atom stereocenters. The molecule has 1 aromatic carbocycles. The van der Waals surface area contributed by atoms with Crippen LogP contribution in [0.25, 0.3) is 0 Å². The first-order chi connectivity index (χ1) is 8.70. The first-order valence-electron chi connectivity index (χ1n) is 7.22. The maximum absolute atomic E-state index is 9.88. The van der Waals surface area contributed by atoms with Crippen LogP contribution in [-0.4, -0.2) is 18.2 Å². The van der Waals surface area contributed by atoms with Crippen LogP contribution in [0.3, 0.4) is 0 Å². The monoisotopic (exact) mass is 249 g/mol. The number of hydrogen-bond donors (Lipinski definition) is 1. The molecule has 1 rings (SSSR count). The minimum absolute atomic E-state index is 0.396. The lowest BCUT2D eigenvalue weighted by Gasteiger charge is -2.28. The molecule has 2 nitrogen and oxygen atoms in total. The van der Waals surface area contributed by atoms with E-state index in [2.05, 4.69) is 30.9 Å². The van der Waals surface area contributed by atoms with Gasteiger partial charge in [0.2, 0.25) is 0 Å². The van der Waals surface area contributed by atoms with E-state index in [1.165, 1.54) is 31.4 Å². The van der Waals surface area contributed by atoms with Gasteiger partial charge in [0.1, 0.15) is 0 Å². The van der Waals surface area contributed by atoms with E-state index in [0.29, 0.717) is 0 Å². The van der Waals surface area contributed by atoms with E-state index < -0.39 is 6.10 Å². The third-order valence-electron chi connectivity index (χ3n) is 3.29. The number of benzene rings is 1. The minimum Gasteiger partial charge on any atom is -0.389 e. The number of rotatable bonds is 8. The molecule has 0 spiro atoms. The standard InChI is InChI=1S/C16H27NO/c1-4-6-12-17(13-7-5-2)16-11-9-8-10-15(16)14(3)18/h8-11,14,18H,4-7,12-13H2,1-3H3. The Labute approximate surface area is 112 Å². The van der Waals surface area contributed by atoms with Crippen LogP contribution in [-0.2, 0) is 0 Å². The molecule has 0 aliphatic heterocycles. The third-order valence-corrected chi connectivity index (χ3v) is 3.29. The Hall–Kier alpha value is -1.02. The molecule has 0 aliphatic carbocycles. The number of para-hydroxylation sites is 1. The first kappa shape index (κ1) is 15.0. The molecule has 2 heteroatoms. The second-order valence-electron chi connectivity index (χ2n) is 4.93. The molecular formula is C16H27NO. The zero-order valence-electron chi connectivity index (χ0n) is 12.0. The van der Waals surface area contributed by atoms with Crippen molar-refractivity contribution in [2.75, 3.05) is 18.0 Å². The van der Waals surface area contributed by atoms with Crippen molar-refractivity contribution in [2.45, 2.75) is 52.6 Å². The van der Waals surface area contributed by atoms with Crippen molar-refractivity contribution in [1.29, 1.82) is 0 Å². The average molecular weight is 249 g/mol. The Bertz CT molecular complexity index is 328. The summed E-state index contributed by atoms with van der Waals surface area (Å²) in [6.45, 7) is 8.45. The lowest BCUT2D eigenvalue weighted by Crippen LogP contribution is -2.27. The van der Waals surface area contributed by atoms with Gasteiger partial charge in [-0.25, -0.2) is 0 Å². The Morgan fingerprint density at radius 2 is 1.61 bits per heavy atom. The fourth-order valence-electron chi connectivity index (χ4n) is 2.18. The topological polar surface area (TPSA) is 23.5 Å². The van der Waals surface area contributed by atoms with Gasteiger partial charge in [-0.3, -0.25) is 0 Å². The van der Waals surface area contributed by atoms with Gasteiger partial charge in [-0.05, 0) is 25.8 Å². The summed E-state index contributed by atoms with van der Waals surface area (Å²) in [5, 5.41) is 9.88. The largest absolute Gasteiger partial charge is 0.389 e. The summed E-state index contributed by atoms with van der Waals surface area (Å²) in [6, 6.07) is 8.23. The van der Waals surface area contributed by atoms with Gasteiger partial charge in [-0.15, -0.1) is 0 Å². The number of nitrogens with zero attached hydrogens (tertiary/aromatic N) is 1. The zero-order chi connectivity index (χ0) is 13.4. The van der Waals surface area contributed by atoms with Crippen LogP contribution in [0.4, 0.5) is 5.69 Å². The maximum Gasteiger partial charge on any atom is 0.0781 e. The summed E-state index contributed by atoms with van der Waals surface area (Å²) in [4.78, 5) is 2.43. The predicted octanol–water partition coefficient (Wildman–Crippen LogP) is 4.15. The second-order valence-corrected chi connectivity index (χ2v) is 4.93. The van der Waals surface area contributed by atoms with Crippen molar-refractivity contribution in [2.24, 2.45) is 0 Å². The summed E-state index contributed by atoms with van der Waals surface area (Å²) < 4.78 is 0. The van der Waals surface area contributed by atoms with Crippen LogP contribution in [0.15, 0.2) is 24.3 Å². The normalized spacial score (nSPS) is 12.4. The van der Waals surface area contributed by atoms with Gasteiger partial charge in [-0.2, -0.15) is 0 Å². The van der Waals surface area contributed by atoms with E-state index in [0.717, 1.165) is 18.7 Å². The molecule has 0 heterocycles. The van der Waals surface area contributed by atoms with Crippen molar-refractivity contribution in [3.63, 3.8) is 0 Å². The Morgan fingerprint density at radius 3 is 2.11 bits per heavy atom. The fraction of sp³-hybridized carbons (Fsp3) is 0.625. The van der Waals surface area contributed by atoms with Gasteiger partial charge in [0.15, 0.2) is 0 Å². The molecule has 1 N–H and O–H groups in total. The predicted molar refractivity (Wildman–Crippen MR) is 79.1 cm³/mol. The van der Waals surface area contributed by atoms with E-state index >= 15 is 0 Å². The molecule has 0 saturated heterocycles. The fourth-order valence-corrected chi connectivity index (χ4v) is 2.18. The van der Waals surface area contributed by atoms with Crippen LogP contribution in [0, 0.1) is 0 Å². The van der Waals surface area contributed by atoms with Gasteiger partial charge >= 0.3 is 0 Å². The highest BCUT2D eigenvalue weighted by atomic mass is 16.3. The van der Waals surface area contributed by atoms with E-state index in [1.54, 1.807) is 0 Å². The lowest BCUT2D eigenvalue weighted by molar-refractivity contribution is 0.199. The zero-order valence-corrected chi connectivity index (χ0v) is 12.0. The molecule has 0 fully saturated rings. The van der Waals surface area contributed by atoms with E-state index in [-0.39, 0.29) is 0 Å². The van der Waals surface area contributed by atoms with Crippen LogP contribution >= 0.6 is 0 Å². The van der Waals surface area contributed by atoms with Crippen LogP contribution in [0.5, 0.6) is 0 Å². The highest BCUT2D eigenvalue weighted by Gasteiger charge is 2.13. The molecular weight excluding hydrogens is 222 g/mol. The second kappa shape index (κ2) is 8.15. The number of aliphatic hydroxyl groups excluding tert-OH is 1. The molecule has 18 heavy (non-hydrogen) atoms. The van der Waals surface area contributed by atoms with Gasteiger partial charge < -0.3 is 10.0 Å². The van der Waals surface area contributed by atoms with Gasteiger partial charge in [0.05, 0.1) is 6.10 Å². The molecule has 0 saturated carbocycles. The number of hydrogen-bond acceptors (Lipinski definition) is 2. The van der Waals surface area contributed by atoms with E-state index in [4.69, 9.17) is 0 Å². The molecule has 1 aromatic rings. The minimum atomic E-state index is -0.396.